The van der Waals surface area contributed by atoms with Crippen molar-refractivity contribution in [1.29, 1.82) is 0 Å². The van der Waals surface area contributed by atoms with Crippen molar-refractivity contribution >= 4 is 11.4 Å². The van der Waals surface area contributed by atoms with E-state index in [0.717, 1.165) is 55.9 Å². The number of rotatable bonds is 5. The van der Waals surface area contributed by atoms with Crippen LogP contribution in [0.2, 0.25) is 0 Å². The lowest BCUT2D eigenvalue weighted by Crippen LogP contribution is -2.35. The SMILES string of the molecule is OCC1CCN(c2ccccc2NCc2noc3c2CCCC3)CC1. The zero-order valence-corrected chi connectivity index (χ0v) is 14.7. The smallest absolute Gasteiger partial charge is 0.140 e. The third-order valence-electron chi connectivity index (χ3n) is 5.60. The van der Waals surface area contributed by atoms with E-state index in [4.69, 9.17) is 4.52 Å². The zero-order valence-electron chi connectivity index (χ0n) is 14.7. The first-order valence-electron chi connectivity index (χ1n) is 9.50. The topological polar surface area (TPSA) is 61.5 Å². The number of piperidine rings is 1. The number of aryl methyl sites for hydroxylation is 1. The van der Waals surface area contributed by atoms with E-state index in [1.807, 2.05) is 0 Å². The van der Waals surface area contributed by atoms with Gasteiger partial charge in [-0.05, 0) is 50.2 Å². The number of nitrogens with zero attached hydrogens (tertiary/aromatic N) is 2. The molecular weight excluding hydrogens is 314 g/mol. The van der Waals surface area contributed by atoms with Gasteiger partial charge in [-0.2, -0.15) is 0 Å². The molecular formula is C20H27N3O2. The molecule has 0 atom stereocenters. The van der Waals surface area contributed by atoms with Crippen molar-refractivity contribution in [2.45, 2.75) is 45.1 Å². The molecule has 1 fully saturated rings. The van der Waals surface area contributed by atoms with E-state index in [0.29, 0.717) is 19.1 Å². The van der Waals surface area contributed by atoms with Crippen molar-refractivity contribution in [3.05, 3.63) is 41.3 Å². The lowest BCUT2D eigenvalue weighted by atomic mass is 9.96. The number of hydrogen-bond donors (Lipinski definition) is 2. The van der Waals surface area contributed by atoms with Gasteiger partial charge in [0, 0.05) is 31.7 Å². The Labute approximate surface area is 149 Å². The second kappa shape index (κ2) is 7.48. The van der Waals surface area contributed by atoms with Gasteiger partial charge in [-0.3, -0.25) is 0 Å². The molecule has 1 aromatic carbocycles. The molecule has 134 valence electrons. The van der Waals surface area contributed by atoms with Gasteiger partial charge in [0.1, 0.15) is 11.5 Å². The maximum atomic E-state index is 9.34. The van der Waals surface area contributed by atoms with Crippen LogP contribution in [0.1, 0.15) is 42.7 Å². The van der Waals surface area contributed by atoms with Gasteiger partial charge >= 0.3 is 0 Å². The number of nitrogens with one attached hydrogen (secondary N) is 1. The summed E-state index contributed by atoms with van der Waals surface area (Å²) in [6, 6.07) is 8.49. The van der Waals surface area contributed by atoms with E-state index < -0.39 is 0 Å². The molecule has 0 radical (unpaired) electrons. The van der Waals surface area contributed by atoms with Crippen LogP contribution in [0.3, 0.4) is 0 Å². The molecule has 1 aliphatic heterocycles. The van der Waals surface area contributed by atoms with E-state index in [1.54, 1.807) is 0 Å². The molecule has 0 bridgehead atoms. The third kappa shape index (κ3) is 3.52. The van der Waals surface area contributed by atoms with Crippen LogP contribution in [0.15, 0.2) is 28.8 Å². The number of hydrogen-bond acceptors (Lipinski definition) is 5. The van der Waals surface area contributed by atoms with Crippen LogP contribution in [0.25, 0.3) is 0 Å². The quantitative estimate of drug-likeness (QED) is 0.873. The fourth-order valence-corrected chi connectivity index (χ4v) is 4.02. The standard InChI is InChI=1S/C20H27N3O2/c24-14-15-9-11-23(12-10-15)19-7-3-2-6-17(19)21-13-18-16-5-1-4-8-20(16)25-22-18/h2-3,6-7,15,21,24H,1,4-5,8-14H2. The highest BCUT2D eigenvalue weighted by Gasteiger charge is 2.22. The summed E-state index contributed by atoms with van der Waals surface area (Å²) in [6.07, 6.45) is 6.67. The third-order valence-corrected chi connectivity index (χ3v) is 5.60. The zero-order chi connectivity index (χ0) is 17.1. The van der Waals surface area contributed by atoms with E-state index in [9.17, 15) is 5.11 Å². The first-order chi connectivity index (χ1) is 12.3. The predicted molar refractivity (Wildman–Crippen MR) is 98.9 cm³/mol. The van der Waals surface area contributed by atoms with E-state index in [1.165, 1.54) is 24.1 Å². The van der Waals surface area contributed by atoms with Crippen molar-refractivity contribution in [3.63, 3.8) is 0 Å². The van der Waals surface area contributed by atoms with Crippen molar-refractivity contribution in [3.8, 4) is 0 Å². The lowest BCUT2D eigenvalue weighted by Gasteiger charge is -2.34. The Balaban J connectivity index is 1.45. The summed E-state index contributed by atoms with van der Waals surface area (Å²) < 4.78 is 5.52. The highest BCUT2D eigenvalue weighted by atomic mass is 16.5. The molecule has 25 heavy (non-hydrogen) atoms. The number of fused-ring (bicyclic) bond motifs is 1. The van der Waals surface area contributed by atoms with Gasteiger partial charge in [0.05, 0.1) is 17.9 Å². The van der Waals surface area contributed by atoms with Crippen LogP contribution >= 0.6 is 0 Å². The van der Waals surface area contributed by atoms with Crippen molar-refractivity contribution in [1.82, 2.24) is 5.16 Å². The van der Waals surface area contributed by atoms with E-state index >= 15 is 0 Å². The minimum absolute atomic E-state index is 0.311. The maximum absolute atomic E-state index is 9.34. The Hall–Kier alpha value is -2.01. The van der Waals surface area contributed by atoms with Crippen LogP contribution in [0.4, 0.5) is 11.4 Å². The monoisotopic (exact) mass is 341 g/mol. The molecule has 0 spiro atoms. The summed E-state index contributed by atoms with van der Waals surface area (Å²) in [5.74, 6) is 1.54. The largest absolute Gasteiger partial charge is 0.396 e. The molecule has 2 aliphatic rings. The first kappa shape index (κ1) is 16.5. The average Bonchev–Trinajstić information content (AvgIpc) is 3.10. The Bertz CT molecular complexity index is 705. The highest BCUT2D eigenvalue weighted by molar-refractivity contribution is 5.70. The number of aliphatic hydroxyl groups excluding tert-OH is 1. The summed E-state index contributed by atoms with van der Waals surface area (Å²) in [7, 11) is 0. The summed E-state index contributed by atoms with van der Waals surface area (Å²) >= 11 is 0. The van der Waals surface area contributed by atoms with Crippen LogP contribution in [0, 0.1) is 5.92 Å². The lowest BCUT2D eigenvalue weighted by molar-refractivity contribution is 0.203. The Morgan fingerprint density at radius 2 is 1.96 bits per heavy atom. The van der Waals surface area contributed by atoms with Gasteiger partial charge in [0.15, 0.2) is 0 Å². The highest BCUT2D eigenvalue weighted by Crippen LogP contribution is 2.31. The fourth-order valence-electron chi connectivity index (χ4n) is 4.02. The van der Waals surface area contributed by atoms with Crippen LogP contribution in [-0.2, 0) is 19.4 Å². The van der Waals surface area contributed by atoms with Gasteiger partial charge in [0.2, 0.25) is 0 Å². The van der Waals surface area contributed by atoms with E-state index in [2.05, 4.69) is 39.6 Å². The van der Waals surface area contributed by atoms with Crippen LogP contribution < -0.4 is 10.2 Å². The molecule has 1 saturated heterocycles. The molecule has 0 amide bonds. The summed E-state index contributed by atoms with van der Waals surface area (Å²) in [6.45, 7) is 3.03. The summed E-state index contributed by atoms with van der Waals surface area (Å²) in [5.41, 5.74) is 4.78. The van der Waals surface area contributed by atoms with Gasteiger partial charge < -0.3 is 19.8 Å². The molecule has 1 aliphatic carbocycles. The molecule has 2 N–H and O–H groups in total. The number of aromatic nitrogens is 1. The predicted octanol–water partition coefficient (Wildman–Crippen LogP) is 3.37. The molecule has 2 aromatic rings. The Morgan fingerprint density at radius 1 is 1.16 bits per heavy atom. The normalized spacial score (nSPS) is 18.2. The molecule has 5 heteroatoms. The van der Waals surface area contributed by atoms with Gasteiger partial charge in [-0.25, -0.2) is 0 Å². The van der Waals surface area contributed by atoms with Crippen molar-refractivity contribution < 1.29 is 9.63 Å². The fraction of sp³-hybridized carbons (Fsp3) is 0.550. The number of anilines is 2. The maximum Gasteiger partial charge on any atom is 0.140 e. The summed E-state index contributed by atoms with van der Waals surface area (Å²) in [5, 5.41) is 17.2. The van der Waals surface area contributed by atoms with Crippen molar-refractivity contribution in [2.24, 2.45) is 5.92 Å². The minimum Gasteiger partial charge on any atom is -0.396 e. The Morgan fingerprint density at radius 3 is 2.80 bits per heavy atom. The van der Waals surface area contributed by atoms with Crippen molar-refractivity contribution in [2.75, 3.05) is 29.9 Å². The second-order valence-corrected chi connectivity index (χ2v) is 7.22. The number of benzene rings is 1. The van der Waals surface area contributed by atoms with Gasteiger partial charge in [-0.15, -0.1) is 0 Å². The number of para-hydroxylation sites is 2. The number of aliphatic hydroxyl groups is 1. The van der Waals surface area contributed by atoms with E-state index in [-0.39, 0.29) is 0 Å². The molecule has 4 rings (SSSR count). The average molecular weight is 341 g/mol. The minimum atomic E-state index is 0.311. The molecule has 0 unspecified atom stereocenters. The summed E-state index contributed by atoms with van der Waals surface area (Å²) in [4.78, 5) is 2.42. The van der Waals surface area contributed by atoms with Gasteiger partial charge in [0.25, 0.3) is 0 Å². The molecule has 2 heterocycles. The van der Waals surface area contributed by atoms with Crippen LogP contribution in [0.5, 0.6) is 0 Å². The second-order valence-electron chi connectivity index (χ2n) is 7.22. The molecule has 0 saturated carbocycles. The molecule has 5 nitrogen and oxygen atoms in total. The Kier molecular flexibility index (Phi) is 4.92. The first-order valence-corrected chi connectivity index (χ1v) is 9.50. The molecule has 1 aromatic heterocycles. The van der Waals surface area contributed by atoms with Gasteiger partial charge in [-0.1, -0.05) is 17.3 Å². The van der Waals surface area contributed by atoms with Crippen LogP contribution in [-0.4, -0.2) is 30.0 Å².